The highest BCUT2D eigenvalue weighted by Crippen LogP contribution is 2.34. The molecular weight excluding hydrogens is 379 g/mol. The van der Waals surface area contributed by atoms with E-state index in [1.54, 1.807) is 36.4 Å². The fourth-order valence-electron chi connectivity index (χ4n) is 1.82. The van der Waals surface area contributed by atoms with Crippen LogP contribution in [0.15, 0.2) is 45.3 Å². The van der Waals surface area contributed by atoms with Crippen LogP contribution in [0.5, 0.6) is 5.75 Å². The highest BCUT2D eigenvalue weighted by molar-refractivity contribution is 9.10. The van der Waals surface area contributed by atoms with Crippen LogP contribution in [-0.2, 0) is 0 Å². The van der Waals surface area contributed by atoms with Gasteiger partial charge in [-0.25, -0.2) is 4.39 Å². The Labute approximate surface area is 127 Å². The summed E-state index contributed by atoms with van der Waals surface area (Å²) < 4.78 is 20.3. The molecule has 1 unspecified atom stereocenters. The van der Waals surface area contributed by atoms with Gasteiger partial charge in [0, 0.05) is 15.6 Å². The lowest BCUT2D eigenvalue weighted by Gasteiger charge is -2.16. The van der Waals surface area contributed by atoms with E-state index >= 15 is 0 Å². The fraction of sp³-hybridized carbons (Fsp3) is 0.143. The molecule has 0 aliphatic carbocycles. The van der Waals surface area contributed by atoms with E-state index in [1.165, 1.54) is 7.11 Å². The zero-order valence-corrected chi connectivity index (χ0v) is 13.2. The molecule has 0 aliphatic rings. The number of benzene rings is 2. The van der Waals surface area contributed by atoms with Gasteiger partial charge in [-0.15, -0.1) is 0 Å². The van der Waals surface area contributed by atoms with Gasteiger partial charge in [-0.2, -0.15) is 0 Å². The summed E-state index contributed by atoms with van der Waals surface area (Å²) in [6, 6.07) is 10.0. The van der Waals surface area contributed by atoms with E-state index in [-0.39, 0.29) is 5.56 Å². The van der Waals surface area contributed by atoms with Gasteiger partial charge < -0.3 is 9.84 Å². The molecule has 0 amide bonds. The van der Waals surface area contributed by atoms with Crippen LogP contribution < -0.4 is 4.74 Å². The zero-order chi connectivity index (χ0) is 14.0. The minimum absolute atomic E-state index is 0.200. The highest BCUT2D eigenvalue weighted by atomic mass is 79.9. The first-order valence-corrected chi connectivity index (χ1v) is 7.08. The Bertz CT molecular complexity index is 602. The number of rotatable bonds is 3. The van der Waals surface area contributed by atoms with Gasteiger partial charge in [-0.3, -0.25) is 0 Å². The second-order valence-electron chi connectivity index (χ2n) is 3.93. The van der Waals surface area contributed by atoms with Crippen LogP contribution in [0.1, 0.15) is 17.2 Å². The van der Waals surface area contributed by atoms with Crippen molar-refractivity contribution in [1.29, 1.82) is 0 Å². The molecular formula is C14H11Br2FO2. The molecule has 0 fully saturated rings. The van der Waals surface area contributed by atoms with Crippen molar-refractivity contribution in [2.45, 2.75) is 6.10 Å². The molecule has 19 heavy (non-hydrogen) atoms. The van der Waals surface area contributed by atoms with E-state index in [9.17, 15) is 9.50 Å². The fourth-order valence-corrected chi connectivity index (χ4v) is 2.58. The Morgan fingerprint density at radius 3 is 2.58 bits per heavy atom. The summed E-state index contributed by atoms with van der Waals surface area (Å²) in [4.78, 5) is 0. The van der Waals surface area contributed by atoms with Crippen molar-refractivity contribution in [3.8, 4) is 5.75 Å². The number of hydrogen-bond acceptors (Lipinski definition) is 2. The standard InChI is InChI=1S/C14H11Br2FO2/c1-19-12-6-5-8(15)7-10(12)14(18)9-3-2-4-11(16)13(9)17/h2-7,14,18H,1H3. The van der Waals surface area contributed by atoms with Crippen LogP contribution in [0.2, 0.25) is 0 Å². The van der Waals surface area contributed by atoms with E-state index in [0.29, 0.717) is 15.8 Å². The summed E-state index contributed by atoms with van der Waals surface area (Å²) in [5.74, 6) is 0.0344. The third kappa shape index (κ3) is 2.99. The molecule has 5 heteroatoms. The summed E-state index contributed by atoms with van der Waals surface area (Å²) in [5, 5.41) is 10.4. The Hall–Kier alpha value is -0.910. The zero-order valence-electron chi connectivity index (χ0n) is 10.0. The lowest BCUT2D eigenvalue weighted by molar-refractivity contribution is 0.209. The van der Waals surface area contributed by atoms with Crippen molar-refractivity contribution in [3.63, 3.8) is 0 Å². The molecule has 1 N–H and O–H groups in total. The number of methoxy groups -OCH3 is 1. The highest BCUT2D eigenvalue weighted by Gasteiger charge is 2.20. The molecule has 0 saturated carbocycles. The molecule has 1 atom stereocenters. The van der Waals surface area contributed by atoms with Gasteiger partial charge in [0.25, 0.3) is 0 Å². The molecule has 0 saturated heterocycles. The van der Waals surface area contributed by atoms with Gasteiger partial charge in [0.05, 0.1) is 11.6 Å². The number of hydrogen-bond donors (Lipinski definition) is 1. The van der Waals surface area contributed by atoms with E-state index in [0.717, 1.165) is 4.47 Å². The Morgan fingerprint density at radius 2 is 1.89 bits per heavy atom. The predicted molar refractivity (Wildman–Crippen MR) is 78.9 cm³/mol. The smallest absolute Gasteiger partial charge is 0.143 e. The molecule has 2 aromatic rings. The van der Waals surface area contributed by atoms with Crippen molar-refractivity contribution in [3.05, 3.63) is 62.3 Å². The molecule has 0 aliphatic heterocycles. The maximum Gasteiger partial charge on any atom is 0.143 e. The van der Waals surface area contributed by atoms with Crippen LogP contribution in [-0.4, -0.2) is 12.2 Å². The monoisotopic (exact) mass is 388 g/mol. The minimum atomic E-state index is -1.09. The van der Waals surface area contributed by atoms with Crippen LogP contribution in [0, 0.1) is 5.82 Å². The van der Waals surface area contributed by atoms with Gasteiger partial charge in [-0.05, 0) is 40.2 Å². The van der Waals surface area contributed by atoms with E-state index in [4.69, 9.17) is 4.74 Å². The van der Waals surface area contributed by atoms with E-state index < -0.39 is 11.9 Å². The minimum Gasteiger partial charge on any atom is -0.496 e. The van der Waals surface area contributed by atoms with Gasteiger partial charge in [-0.1, -0.05) is 28.1 Å². The average Bonchev–Trinajstić information content (AvgIpc) is 2.41. The topological polar surface area (TPSA) is 29.5 Å². The molecule has 0 radical (unpaired) electrons. The summed E-state index contributed by atoms with van der Waals surface area (Å²) in [7, 11) is 1.51. The van der Waals surface area contributed by atoms with Gasteiger partial charge in [0.15, 0.2) is 0 Å². The number of aliphatic hydroxyl groups is 1. The summed E-state index contributed by atoms with van der Waals surface area (Å²) in [6.45, 7) is 0. The van der Waals surface area contributed by atoms with Crippen molar-refractivity contribution in [2.24, 2.45) is 0 Å². The molecule has 0 heterocycles. The lowest BCUT2D eigenvalue weighted by atomic mass is 10.0. The van der Waals surface area contributed by atoms with Crippen molar-refractivity contribution >= 4 is 31.9 Å². The second kappa shape index (κ2) is 6.03. The van der Waals surface area contributed by atoms with E-state index in [2.05, 4.69) is 31.9 Å². The second-order valence-corrected chi connectivity index (χ2v) is 5.70. The van der Waals surface area contributed by atoms with Crippen molar-refractivity contribution < 1.29 is 14.2 Å². The van der Waals surface area contributed by atoms with Crippen LogP contribution in [0.25, 0.3) is 0 Å². The Morgan fingerprint density at radius 1 is 1.16 bits per heavy atom. The molecule has 0 aromatic heterocycles. The number of halogens is 3. The normalized spacial score (nSPS) is 12.3. The van der Waals surface area contributed by atoms with Gasteiger partial charge in [0.1, 0.15) is 17.7 Å². The van der Waals surface area contributed by atoms with Crippen LogP contribution in [0.3, 0.4) is 0 Å². The van der Waals surface area contributed by atoms with Crippen molar-refractivity contribution in [1.82, 2.24) is 0 Å². The third-order valence-electron chi connectivity index (χ3n) is 2.76. The van der Waals surface area contributed by atoms with Crippen LogP contribution in [0.4, 0.5) is 4.39 Å². The van der Waals surface area contributed by atoms with Crippen molar-refractivity contribution in [2.75, 3.05) is 7.11 Å². The third-order valence-corrected chi connectivity index (χ3v) is 3.87. The largest absolute Gasteiger partial charge is 0.496 e. The Kier molecular flexibility index (Phi) is 4.60. The predicted octanol–water partition coefficient (Wildman–Crippen LogP) is 4.44. The number of ether oxygens (including phenoxy) is 1. The summed E-state index contributed by atoms with van der Waals surface area (Å²) in [6.07, 6.45) is -1.09. The van der Waals surface area contributed by atoms with Crippen LogP contribution >= 0.6 is 31.9 Å². The average molecular weight is 390 g/mol. The van der Waals surface area contributed by atoms with Gasteiger partial charge in [0.2, 0.25) is 0 Å². The maximum absolute atomic E-state index is 14.0. The molecule has 2 nitrogen and oxygen atoms in total. The molecule has 2 rings (SSSR count). The molecule has 0 spiro atoms. The first kappa shape index (κ1) is 14.5. The SMILES string of the molecule is COc1ccc(Br)cc1C(O)c1cccc(Br)c1F. The number of aliphatic hydroxyl groups excluding tert-OH is 1. The molecule has 100 valence electrons. The maximum atomic E-state index is 14.0. The quantitative estimate of drug-likeness (QED) is 0.840. The van der Waals surface area contributed by atoms with E-state index in [1.807, 2.05) is 0 Å². The first-order chi connectivity index (χ1) is 9.04. The summed E-state index contributed by atoms with van der Waals surface area (Å²) in [5.41, 5.74) is 0.708. The first-order valence-electron chi connectivity index (χ1n) is 5.50. The molecule has 2 aromatic carbocycles. The lowest BCUT2D eigenvalue weighted by Crippen LogP contribution is -2.05. The molecule has 0 bridgehead atoms. The Balaban J connectivity index is 2.52. The summed E-state index contributed by atoms with van der Waals surface area (Å²) >= 11 is 6.44. The van der Waals surface area contributed by atoms with Gasteiger partial charge >= 0.3 is 0 Å².